The lowest BCUT2D eigenvalue weighted by atomic mass is 10.3. The molecule has 0 bridgehead atoms. The first-order valence-electron chi connectivity index (χ1n) is 4.05. The van der Waals surface area contributed by atoms with Gasteiger partial charge in [0.1, 0.15) is 6.54 Å². The molecule has 0 N–H and O–H groups in total. The van der Waals surface area contributed by atoms with Crippen LogP contribution in [0, 0.1) is 0 Å². The van der Waals surface area contributed by atoms with E-state index in [-0.39, 0.29) is 6.54 Å². The Morgan fingerprint density at radius 3 is 2.93 bits per heavy atom. The summed E-state index contributed by atoms with van der Waals surface area (Å²) in [6.07, 6.45) is 0. The van der Waals surface area contributed by atoms with Crippen LogP contribution in [0.15, 0.2) is 31.9 Å². The maximum absolute atomic E-state index is 11.4. The summed E-state index contributed by atoms with van der Waals surface area (Å²) in [6, 6.07) is 5.10. The van der Waals surface area contributed by atoms with E-state index in [1.54, 1.807) is 18.2 Å². The number of hydrogen-bond donors (Lipinski definition) is 0. The molecule has 0 aliphatic heterocycles. The molecule has 0 amide bonds. The van der Waals surface area contributed by atoms with Gasteiger partial charge >= 0.3 is 5.76 Å². The zero-order valence-electron chi connectivity index (χ0n) is 7.37. The Kier molecular flexibility index (Phi) is 2.67. The summed E-state index contributed by atoms with van der Waals surface area (Å²) in [5, 5.41) is -0.609. The van der Waals surface area contributed by atoms with Crippen LogP contribution in [0.5, 0.6) is 0 Å². The molecule has 78 valence electrons. The van der Waals surface area contributed by atoms with Gasteiger partial charge in [0, 0.05) is 4.47 Å². The second-order valence-electron chi connectivity index (χ2n) is 2.92. The number of oxazole rings is 1. The minimum atomic E-state index is -0.609. The summed E-state index contributed by atoms with van der Waals surface area (Å²) in [5.74, 6) is -0.586. The van der Waals surface area contributed by atoms with Gasteiger partial charge in [-0.1, -0.05) is 15.9 Å². The summed E-state index contributed by atoms with van der Waals surface area (Å²) >= 11 is 8.48. The maximum Gasteiger partial charge on any atom is 0.420 e. The first-order chi connectivity index (χ1) is 7.08. The molecule has 0 unspecified atom stereocenters. The second-order valence-corrected chi connectivity index (χ2v) is 4.26. The number of rotatable bonds is 2. The third-order valence-electron chi connectivity index (χ3n) is 1.91. The Hall–Kier alpha value is -1.07. The number of halogens is 2. The highest BCUT2D eigenvalue weighted by molar-refractivity contribution is 9.10. The van der Waals surface area contributed by atoms with Crippen LogP contribution in [-0.2, 0) is 11.3 Å². The van der Waals surface area contributed by atoms with Gasteiger partial charge in [-0.05, 0) is 29.8 Å². The van der Waals surface area contributed by atoms with Gasteiger partial charge in [0.25, 0.3) is 0 Å². The standard InChI is InChI=1S/C9H5BrClNO3/c10-5-1-2-6-7(3-5)15-9(14)12(6)4-8(11)13/h1-3H,4H2. The second kappa shape index (κ2) is 3.83. The first kappa shape index (κ1) is 10.4. The lowest BCUT2D eigenvalue weighted by Crippen LogP contribution is -2.17. The van der Waals surface area contributed by atoms with Crippen molar-refractivity contribution in [3.05, 3.63) is 33.2 Å². The fourth-order valence-corrected chi connectivity index (χ4v) is 1.77. The lowest BCUT2D eigenvalue weighted by molar-refractivity contribution is -0.112. The summed E-state index contributed by atoms with van der Waals surface area (Å²) in [7, 11) is 0. The van der Waals surface area contributed by atoms with Gasteiger partial charge in [-0.2, -0.15) is 0 Å². The zero-order valence-corrected chi connectivity index (χ0v) is 9.71. The predicted molar refractivity (Wildman–Crippen MR) is 59.0 cm³/mol. The third kappa shape index (κ3) is 1.98. The van der Waals surface area contributed by atoms with E-state index in [0.717, 1.165) is 4.47 Å². The first-order valence-corrected chi connectivity index (χ1v) is 5.22. The van der Waals surface area contributed by atoms with Gasteiger partial charge in [-0.25, -0.2) is 4.79 Å². The minimum absolute atomic E-state index is 0.185. The Balaban J connectivity index is 2.68. The predicted octanol–water partition coefficient (Wildman–Crippen LogP) is 2.12. The van der Waals surface area contributed by atoms with Gasteiger partial charge in [-0.3, -0.25) is 9.36 Å². The normalized spacial score (nSPS) is 10.8. The molecule has 1 aromatic heterocycles. The van der Waals surface area contributed by atoms with Gasteiger partial charge in [0.15, 0.2) is 5.58 Å². The fourth-order valence-electron chi connectivity index (χ4n) is 1.31. The molecule has 2 aromatic rings. The highest BCUT2D eigenvalue weighted by atomic mass is 79.9. The third-order valence-corrected chi connectivity index (χ3v) is 2.53. The van der Waals surface area contributed by atoms with Crippen LogP contribution < -0.4 is 5.76 Å². The SMILES string of the molecule is O=C(Cl)Cn1c(=O)oc2cc(Br)ccc21. The Bertz CT molecular complexity index is 587. The maximum atomic E-state index is 11.4. The molecule has 0 saturated carbocycles. The lowest BCUT2D eigenvalue weighted by Gasteiger charge is -1.96. The molecule has 0 aliphatic rings. The van der Waals surface area contributed by atoms with Crippen molar-refractivity contribution in [2.75, 3.05) is 0 Å². The van der Waals surface area contributed by atoms with E-state index < -0.39 is 11.0 Å². The Labute approximate surface area is 97.6 Å². The molecule has 1 aromatic carbocycles. The molecule has 0 atom stereocenters. The van der Waals surface area contributed by atoms with Gasteiger partial charge < -0.3 is 4.42 Å². The van der Waals surface area contributed by atoms with Crippen LogP contribution in [0.4, 0.5) is 0 Å². The summed E-state index contributed by atoms with van der Waals surface area (Å²) in [6.45, 7) is -0.185. The summed E-state index contributed by atoms with van der Waals surface area (Å²) in [5.41, 5.74) is 0.976. The van der Waals surface area contributed by atoms with Gasteiger partial charge in [0.2, 0.25) is 5.24 Å². The van der Waals surface area contributed by atoms with Crippen molar-refractivity contribution in [3.63, 3.8) is 0 Å². The Morgan fingerprint density at radius 2 is 2.27 bits per heavy atom. The number of nitrogens with zero attached hydrogens (tertiary/aromatic N) is 1. The highest BCUT2D eigenvalue weighted by Gasteiger charge is 2.11. The van der Waals surface area contributed by atoms with Crippen molar-refractivity contribution in [1.82, 2.24) is 4.57 Å². The van der Waals surface area contributed by atoms with Crippen molar-refractivity contribution in [2.45, 2.75) is 6.54 Å². The van der Waals surface area contributed by atoms with Crippen LogP contribution >= 0.6 is 27.5 Å². The average Bonchev–Trinajstić information content (AvgIpc) is 2.41. The van der Waals surface area contributed by atoms with E-state index in [9.17, 15) is 9.59 Å². The molecule has 2 rings (SSSR count). The smallest absolute Gasteiger partial charge is 0.408 e. The van der Waals surface area contributed by atoms with Crippen molar-refractivity contribution < 1.29 is 9.21 Å². The zero-order chi connectivity index (χ0) is 11.0. The molecule has 0 fully saturated rings. The molecular formula is C9H5BrClNO3. The molecule has 4 nitrogen and oxygen atoms in total. The average molecular weight is 290 g/mol. The van der Waals surface area contributed by atoms with Crippen LogP contribution in [0.2, 0.25) is 0 Å². The van der Waals surface area contributed by atoms with E-state index in [1.165, 1.54) is 4.57 Å². The molecule has 15 heavy (non-hydrogen) atoms. The summed E-state index contributed by atoms with van der Waals surface area (Å²) < 4.78 is 6.94. The van der Waals surface area contributed by atoms with E-state index in [2.05, 4.69) is 15.9 Å². The fraction of sp³-hybridized carbons (Fsp3) is 0.111. The monoisotopic (exact) mass is 289 g/mol. The largest absolute Gasteiger partial charge is 0.420 e. The quantitative estimate of drug-likeness (QED) is 0.796. The van der Waals surface area contributed by atoms with Crippen LogP contribution in [0.3, 0.4) is 0 Å². The minimum Gasteiger partial charge on any atom is -0.408 e. The number of carbonyl (C=O) groups is 1. The molecule has 1 heterocycles. The van der Waals surface area contributed by atoms with Crippen molar-refractivity contribution in [1.29, 1.82) is 0 Å². The van der Waals surface area contributed by atoms with Crippen LogP contribution in [-0.4, -0.2) is 9.81 Å². The van der Waals surface area contributed by atoms with Crippen LogP contribution in [0.25, 0.3) is 11.1 Å². The molecule has 6 heteroatoms. The molecular weight excluding hydrogens is 285 g/mol. The molecule has 0 saturated heterocycles. The Morgan fingerprint density at radius 1 is 1.53 bits per heavy atom. The van der Waals surface area contributed by atoms with Crippen molar-refractivity contribution in [2.24, 2.45) is 0 Å². The van der Waals surface area contributed by atoms with Crippen molar-refractivity contribution >= 4 is 43.9 Å². The molecule has 0 spiro atoms. The van der Waals surface area contributed by atoms with Gasteiger partial charge in [-0.15, -0.1) is 0 Å². The van der Waals surface area contributed by atoms with E-state index in [4.69, 9.17) is 16.0 Å². The van der Waals surface area contributed by atoms with Crippen LogP contribution in [0.1, 0.15) is 0 Å². The van der Waals surface area contributed by atoms with Gasteiger partial charge in [0.05, 0.1) is 5.52 Å². The van der Waals surface area contributed by atoms with E-state index in [1.807, 2.05) is 0 Å². The van der Waals surface area contributed by atoms with E-state index >= 15 is 0 Å². The topological polar surface area (TPSA) is 52.2 Å². The molecule has 0 radical (unpaired) electrons. The number of fused-ring (bicyclic) bond motifs is 1. The number of hydrogen-bond acceptors (Lipinski definition) is 3. The molecule has 0 aliphatic carbocycles. The van der Waals surface area contributed by atoms with Crippen molar-refractivity contribution in [3.8, 4) is 0 Å². The number of aromatic nitrogens is 1. The van der Waals surface area contributed by atoms with E-state index in [0.29, 0.717) is 11.1 Å². The number of benzene rings is 1. The summed E-state index contributed by atoms with van der Waals surface area (Å²) in [4.78, 5) is 22.1. The highest BCUT2D eigenvalue weighted by Crippen LogP contribution is 2.18. The number of carbonyl (C=O) groups excluding carboxylic acids is 1.